The van der Waals surface area contributed by atoms with Crippen LogP contribution in [0.3, 0.4) is 0 Å². The summed E-state index contributed by atoms with van der Waals surface area (Å²) in [6.45, 7) is 4.25. The molecule has 0 aliphatic carbocycles. The molecule has 0 unspecified atom stereocenters. The first kappa shape index (κ1) is 17.3. The average molecular weight is 351 g/mol. The van der Waals surface area contributed by atoms with Crippen molar-refractivity contribution in [2.75, 3.05) is 11.9 Å². The second kappa shape index (κ2) is 7.57. The number of rotatable bonds is 4. The molecule has 1 heterocycles. The molecule has 25 heavy (non-hydrogen) atoms. The standard InChI is InChI=1S/C20H21N3OS/c1-4-16-10-8-9-15(2)19(16)25-18-13-14-23(21-18)20(24)22(3)17-11-6-5-7-12-17/h5-14H,4H2,1-3H3. The van der Waals surface area contributed by atoms with Crippen LogP contribution in [0.5, 0.6) is 0 Å². The lowest BCUT2D eigenvalue weighted by Crippen LogP contribution is -2.31. The van der Waals surface area contributed by atoms with Crippen molar-refractivity contribution in [3.05, 3.63) is 71.9 Å². The number of hydrogen-bond donors (Lipinski definition) is 0. The molecule has 3 rings (SSSR count). The van der Waals surface area contributed by atoms with Crippen molar-refractivity contribution in [3.63, 3.8) is 0 Å². The number of aromatic nitrogens is 2. The van der Waals surface area contributed by atoms with Crippen molar-refractivity contribution in [1.29, 1.82) is 0 Å². The number of hydrogen-bond acceptors (Lipinski definition) is 3. The monoisotopic (exact) mass is 351 g/mol. The molecule has 3 aromatic rings. The minimum atomic E-state index is -0.182. The van der Waals surface area contributed by atoms with E-state index in [-0.39, 0.29) is 6.03 Å². The Hall–Kier alpha value is -2.53. The first-order valence-electron chi connectivity index (χ1n) is 8.25. The van der Waals surface area contributed by atoms with Crippen LogP contribution in [0.15, 0.2) is 70.7 Å². The molecule has 4 nitrogen and oxygen atoms in total. The number of anilines is 1. The van der Waals surface area contributed by atoms with Crippen molar-refractivity contribution in [1.82, 2.24) is 9.78 Å². The summed E-state index contributed by atoms with van der Waals surface area (Å²) in [5.41, 5.74) is 3.36. The number of benzene rings is 2. The van der Waals surface area contributed by atoms with Crippen LogP contribution < -0.4 is 4.90 Å². The Morgan fingerprint density at radius 2 is 1.88 bits per heavy atom. The molecule has 5 heteroatoms. The van der Waals surface area contributed by atoms with E-state index in [1.54, 1.807) is 29.9 Å². The normalized spacial score (nSPS) is 10.7. The summed E-state index contributed by atoms with van der Waals surface area (Å²) in [4.78, 5) is 15.4. The van der Waals surface area contributed by atoms with E-state index in [1.165, 1.54) is 20.7 Å². The third kappa shape index (κ3) is 3.77. The zero-order chi connectivity index (χ0) is 17.8. The largest absolute Gasteiger partial charge is 0.348 e. The van der Waals surface area contributed by atoms with Gasteiger partial charge in [0.15, 0.2) is 0 Å². The second-order valence-electron chi connectivity index (χ2n) is 5.79. The van der Waals surface area contributed by atoms with E-state index < -0.39 is 0 Å². The Labute approximate surface area is 152 Å². The lowest BCUT2D eigenvalue weighted by atomic mass is 10.1. The van der Waals surface area contributed by atoms with E-state index in [9.17, 15) is 4.79 Å². The van der Waals surface area contributed by atoms with Crippen molar-refractivity contribution in [2.24, 2.45) is 0 Å². The Balaban J connectivity index is 1.80. The fraction of sp³-hybridized carbons (Fsp3) is 0.200. The first-order valence-corrected chi connectivity index (χ1v) is 9.07. The number of nitrogens with zero attached hydrogens (tertiary/aromatic N) is 3. The van der Waals surface area contributed by atoms with Crippen LogP contribution in [0.4, 0.5) is 10.5 Å². The fourth-order valence-corrected chi connectivity index (χ4v) is 3.67. The lowest BCUT2D eigenvalue weighted by Gasteiger charge is -2.16. The predicted molar refractivity (Wildman–Crippen MR) is 103 cm³/mol. The van der Waals surface area contributed by atoms with Crippen LogP contribution in [0.1, 0.15) is 18.1 Å². The van der Waals surface area contributed by atoms with E-state index in [1.807, 2.05) is 36.4 Å². The number of carbonyl (C=O) groups is 1. The van der Waals surface area contributed by atoms with Crippen molar-refractivity contribution < 1.29 is 4.79 Å². The molecule has 1 amide bonds. The highest BCUT2D eigenvalue weighted by Crippen LogP contribution is 2.32. The Morgan fingerprint density at radius 3 is 2.60 bits per heavy atom. The molecule has 0 spiro atoms. The van der Waals surface area contributed by atoms with Gasteiger partial charge in [0.2, 0.25) is 0 Å². The van der Waals surface area contributed by atoms with E-state index in [0.29, 0.717) is 0 Å². The average Bonchev–Trinajstić information content (AvgIpc) is 3.11. The second-order valence-corrected chi connectivity index (χ2v) is 6.83. The SMILES string of the molecule is CCc1cccc(C)c1Sc1ccn(C(=O)N(C)c2ccccc2)n1. The van der Waals surface area contributed by atoms with Crippen molar-refractivity contribution >= 4 is 23.5 Å². The first-order chi connectivity index (χ1) is 12.1. The number of amides is 1. The molecule has 0 aliphatic rings. The lowest BCUT2D eigenvalue weighted by molar-refractivity contribution is 0.246. The van der Waals surface area contributed by atoms with E-state index in [2.05, 4.69) is 37.1 Å². The molecule has 0 fully saturated rings. The molecule has 2 aromatic carbocycles. The van der Waals surface area contributed by atoms with Crippen molar-refractivity contribution in [2.45, 2.75) is 30.2 Å². The summed E-state index contributed by atoms with van der Waals surface area (Å²) >= 11 is 1.61. The van der Waals surface area contributed by atoms with Crippen LogP contribution in [-0.4, -0.2) is 22.9 Å². The molecule has 0 aliphatic heterocycles. The van der Waals surface area contributed by atoms with Gasteiger partial charge in [-0.1, -0.05) is 55.1 Å². The van der Waals surface area contributed by atoms with Gasteiger partial charge in [0.1, 0.15) is 5.03 Å². The van der Waals surface area contributed by atoms with Gasteiger partial charge in [-0.3, -0.25) is 4.90 Å². The maximum Gasteiger partial charge on any atom is 0.348 e. The molecular weight excluding hydrogens is 330 g/mol. The maximum absolute atomic E-state index is 12.6. The Kier molecular flexibility index (Phi) is 5.24. The van der Waals surface area contributed by atoms with Gasteiger partial charge in [-0.25, -0.2) is 4.79 Å². The smallest absolute Gasteiger partial charge is 0.296 e. The van der Waals surface area contributed by atoms with Gasteiger partial charge in [0, 0.05) is 23.8 Å². The number of aryl methyl sites for hydroxylation is 2. The minimum absolute atomic E-state index is 0.182. The summed E-state index contributed by atoms with van der Waals surface area (Å²) in [6.07, 6.45) is 2.69. The summed E-state index contributed by atoms with van der Waals surface area (Å²) in [5.74, 6) is 0. The molecule has 0 bridgehead atoms. The zero-order valence-electron chi connectivity index (χ0n) is 14.6. The van der Waals surface area contributed by atoms with Gasteiger partial charge in [0.25, 0.3) is 0 Å². The van der Waals surface area contributed by atoms with Crippen molar-refractivity contribution in [3.8, 4) is 0 Å². The van der Waals surface area contributed by atoms with Gasteiger partial charge < -0.3 is 0 Å². The number of para-hydroxylation sites is 1. The fourth-order valence-electron chi connectivity index (χ4n) is 2.63. The zero-order valence-corrected chi connectivity index (χ0v) is 15.5. The number of carbonyl (C=O) groups excluding carboxylic acids is 1. The summed E-state index contributed by atoms with van der Waals surface area (Å²) in [5, 5.41) is 5.28. The highest BCUT2D eigenvalue weighted by atomic mass is 32.2. The van der Waals surface area contributed by atoms with Gasteiger partial charge in [0.05, 0.1) is 0 Å². The molecular formula is C20H21N3OS. The highest BCUT2D eigenvalue weighted by Gasteiger charge is 2.15. The maximum atomic E-state index is 12.6. The molecule has 0 saturated carbocycles. The molecule has 0 atom stereocenters. The quantitative estimate of drug-likeness (QED) is 0.663. The third-order valence-electron chi connectivity index (χ3n) is 4.07. The molecule has 0 N–H and O–H groups in total. The highest BCUT2D eigenvalue weighted by molar-refractivity contribution is 7.99. The van der Waals surface area contributed by atoms with Crippen LogP contribution in [-0.2, 0) is 6.42 Å². The van der Waals surface area contributed by atoms with E-state index in [0.717, 1.165) is 17.1 Å². The summed E-state index contributed by atoms with van der Waals surface area (Å²) < 4.78 is 1.39. The Bertz CT molecular complexity index is 874. The Morgan fingerprint density at radius 1 is 1.12 bits per heavy atom. The van der Waals surface area contributed by atoms with Crippen LogP contribution >= 0.6 is 11.8 Å². The topological polar surface area (TPSA) is 38.1 Å². The molecule has 1 aromatic heterocycles. The van der Waals surface area contributed by atoms with Gasteiger partial charge in [-0.15, -0.1) is 0 Å². The van der Waals surface area contributed by atoms with Gasteiger partial charge in [-0.05, 0) is 42.7 Å². The van der Waals surface area contributed by atoms with Crippen LogP contribution in [0.25, 0.3) is 0 Å². The summed E-state index contributed by atoms with van der Waals surface area (Å²) in [7, 11) is 1.75. The predicted octanol–water partition coefficient (Wildman–Crippen LogP) is 5.01. The van der Waals surface area contributed by atoms with Gasteiger partial charge in [-0.2, -0.15) is 9.78 Å². The summed E-state index contributed by atoms with van der Waals surface area (Å²) in [6, 6.07) is 17.6. The van der Waals surface area contributed by atoms with Gasteiger partial charge >= 0.3 is 6.03 Å². The van der Waals surface area contributed by atoms with Crippen LogP contribution in [0, 0.1) is 6.92 Å². The van der Waals surface area contributed by atoms with E-state index >= 15 is 0 Å². The molecule has 128 valence electrons. The van der Waals surface area contributed by atoms with E-state index in [4.69, 9.17) is 0 Å². The molecule has 0 radical (unpaired) electrons. The van der Waals surface area contributed by atoms with Crippen LogP contribution in [0.2, 0.25) is 0 Å². The third-order valence-corrected chi connectivity index (χ3v) is 5.29. The minimum Gasteiger partial charge on any atom is -0.296 e. The molecule has 0 saturated heterocycles.